The second-order valence-corrected chi connectivity index (χ2v) is 4.10. The van der Waals surface area contributed by atoms with E-state index in [1.807, 2.05) is 32.0 Å². The van der Waals surface area contributed by atoms with E-state index < -0.39 is 5.97 Å². The van der Waals surface area contributed by atoms with Gasteiger partial charge < -0.3 is 10.0 Å². The number of rotatable bonds is 4. The van der Waals surface area contributed by atoms with Crippen LogP contribution in [0.1, 0.15) is 24.5 Å². The van der Waals surface area contributed by atoms with Gasteiger partial charge in [0.1, 0.15) is 0 Å². The molecule has 1 amide bonds. The zero-order valence-corrected chi connectivity index (χ0v) is 10.4. The first-order chi connectivity index (χ1) is 7.91. The third-order valence-electron chi connectivity index (χ3n) is 2.57. The van der Waals surface area contributed by atoms with Gasteiger partial charge >= 0.3 is 5.97 Å². The van der Waals surface area contributed by atoms with E-state index in [0.29, 0.717) is 0 Å². The highest BCUT2D eigenvalue weighted by atomic mass is 16.4. The standard InChI is InChI=1S/C13H17NO3/c1-9-4-5-12(10(2)8-9)14(11(3)15)7-6-13(16)17/h4-5,8H,6-7H2,1-3H3,(H,16,17). The minimum Gasteiger partial charge on any atom is -0.481 e. The second-order valence-electron chi connectivity index (χ2n) is 4.10. The number of hydrogen-bond donors (Lipinski definition) is 1. The number of carbonyl (C=O) groups excluding carboxylic acids is 1. The number of anilines is 1. The van der Waals surface area contributed by atoms with E-state index in [4.69, 9.17) is 5.11 Å². The summed E-state index contributed by atoms with van der Waals surface area (Å²) in [6.45, 7) is 5.54. The lowest BCUT2D eigenvalue weighted by atomic mass is 10.1. The smallest absolute Gasteiger partial charge is 0.305 e. The van der Waals surface area contributed by atoms with Gasteiger partial charge in [-0.05, 0) is 25.5 Å². The van der Waals surface area contributed by atoms with Crippen molar-refractivity contribution in [2.24, 2.45) is 0 Å². The third kappa shape index (κ3) is 3.59. The Bertz CT molecular complexity index is 440. The Morgan fingerprint density at radius 3 is 2.41 bits per heavy atom. The van der Waals surface area contributed by atoms with E-state index in [1.54, 1.807) is 0 Å². The van der Waals surface area contributed by atoms with Crippen LogP contribution in [0.4, 0.5) is 5.69 Å². The first kappa shape index (κ1) is 13.2. The molecule has 0 aromatic heterocycles. The van der Waals surface area contributed by atoms with Crippen LogP contribution in [-0.2, 0) is 9.59 Å². The molecule has 4 heteroatoms. The number of aliphatic carboxylic acids is 1. The van der Waals surface area contributed by atoms with Crippen LogP contribution in [0, 0.1) is 13.8 Å². The van der Waals surface area contributed by atoms with Crippen LogP contribution in [-0.4, -0.2) is 23.5 Å². The van der Waals surface area contributed by atoms with Gasteiger partial charge in [0.15, 0.2) is 0 Å². The van der Waals surface area contributed by atoms with Crippen LogP contribution in [0.2, 0.25) is 0 Å². The van der Waals surface area contributed by atoms with E-state index in [2.05, 4.69) is 0 Å². The molecule has 0 aliphatic heterocycles. The van der Waals surface area contributed by atoms with Crippen LogP contribution in [0.25, 0.3) is 0 Å². The zero-order chi connectivity index (χ0) is 13.0. The highest BCUT2D eigenvalue weighted by Crippen LogP contribution is 2.21. The molecule has 0 atom stereocenters. The van der Waals surface area contributed by atoms with Crippen molar-refractivity contribution >= 4 is 17.6 Å². The van der Waals surface area contributed by atoms with Crippen molar-refractivity contribution in [1.82, 2.24) is 0 Å². The molecule has 1 rings (SSSR count). The molecule has 0 aliphatic rings. The number of carboxylic acid groups (broad SMARTS) is 1. The largest absolute Gasteiger partial charge is 0.481 e. The molecule has 0 spiro atoms. The van der Waals surface area contributed by atoms with Crippen molar-refractivity contribution in [3.8, 4) is 0 Å². The first-order valence-electron chi connectivity index (χ1n) is 5.49. The molecule has 92 valence electrons. The van der Waals surface area contributed by atoms with Gasteiger partial charge in [-0.3, -0.25) is 9.59 Å². The number of carbonyl (C=O) groups is 2. The Morgan fingerprint density at radius 1 is 1.29 bits per heavy atom. The molecule has 0 fully saturated rings. The van der Waals surface area contributed by atoms with Crippen molar-refractivity contribution in [3.05, 3.63) is 29.3 Å². The van der Waals surface area contributed by atoms with Crippen LogP contribution < -0.4 is 4.90 Å². The minimum atomic E-state index is -0.902. The Kier molecular flexibility index (Phi) is 4.26. The van der Waals surface area contributed by atoms with Crippen molar-refractivity contribution in [2.75, 3.05) is 11.4 Å². The van der Waals surface area contributed by atoms with E-state index >= 15 is 0 Å². The Labute approximate surface area is 101 Å². The average molecular weight is 235 g/mol. The summed E-state index contributed by atoms with van der Waals surface area (Å²) < 4.78 is 0. The summed E-state index contributed by atoms with van der Waals surface area (Å²) in [6.07, 6.45) is -0.0487. The zero-order valence-electron chi connectivity index (χ0n) is 10.4. The molecule has 17 heavy (non-hydrogen) atoms. The van der Waals surface area contributed by atoms with Crippen molar-refractivity contribution in [2.45, 2.75) is 27.2 Å². The number of amides is 1. The van der Waals surface area contributed by atoms with E-state index in [-0.39, 0.29) is 18.9 Å². The van der Waals surface area contributed by atoms with E-state index in [1.165, 1.54) is 11.8 Å². The number of aryl methyl sites for hydroxylation is 2. The molecule has 0 aliphatic carbocycles. The summed E-state index contributed by atoms with van der Waals surface area (Å²) in [5.41, 5.74) is 2.88. The highest BCUT2D eigenvalue weighted by Gasteiger charge is 2.14. The first-order valence-corrected chi connectivity index (χ1v) is 5.49. The highest BCUT2D eigenvalue weighted by molar-refractivity contribution is 5.92. The van der Waals surface area contributed by atoms with Gasteiger partial charge in [-0.25, -0.2) is 0 Å². The summed E-state index contributed by atoms with van der Waals surface area (Å²) in [4.78, 5) is 23.6. The maximum Gasteiger partial charge on any atom is 0.305 e. The molecular formula is C13H17NO3. The summed E-state index contributed by atoms with van der Waals surface area (Å²) in [7, 11) is 0. The van der Waals surface area contributed by atoms with Crippen LogP contribution >= 0.6 is 0 Å². The molecule has 1 N–H and O–H groups in total. The van der Waals surface area contributed by atoms with Crippen molar-refractivity contribution < 1.29 is 14.7 Å². The Morgan fingerprint density at radius 2 is 1.94 bits per heavy atom. The Balaban J connectivity index is 2.97. The van der Waals surface area contributed by atoms with Crippen LogP contribution in [0.3, 0.4) is 0 Å². The average Bonchev–Trinajstić information content (AvgIpc) is 2.20. The normalized spacial score (nSPS) is 10.1. The second kappa shape index (κ2) is 5.48. The molecule has 0 unspecified atom stereocenters. The SMILES string of the molecule is CC(=O)N(CCC(=O)O)c1ccc(C)cc1C. The quantitative estimate of drug-likeness (QED) is 0.869. The molecule has 0 radical (unpaired) electrons. The summed E-state index contributed by atoms with van der Waals surface area (Å²) in [5, 5.41) is 8.67. The topological polar surface area (TPSA) is 57.6 Å². The number of carboxylic acids is 1. The molecular weight excluding hydrogens is 218 g/mol. The lowest BCUT2D eigenvalue weighted by Gasteiger charge is -2.22. The predicted octanol–water partition coefficient (Wildman–Crippen LogP) is 2.13. The molecule has 4 nitrogen and oxygen atoms in total. The van der Waals surface area contributed by atoms with Crippen molar-refractivity contribution in [1.29, 1.82) is 0 Å². The molecule has 1 aromatic carbocycles. The van der Waals surface area contributed by atoms with Gasteiger partial charge in [0.25, 0.3) is 0 Å². The monoisotopic (exact) mass is 235 g/mol. The van der Waals surface area contributed by atoms with Gasteiger partial charge in [-0.2, -0.15) is 0 Å². The molecule has 0 saturated carbocycles. The van der Waals surface area contributed by atoms with Gasteiger partial charge in [0, 0.05) is 19.2 Å². The maximum absolute atomic E-state index is 11.5. The number of nitrogens with zero attached hydrogens (tertiary/aromatic N) is 1. The van der Waals surface area contributed by atoms with Gasteiger partial charge in [-0.1, -0.05) is 17.7 Å². The summed E-state index contributed by atoms with van der Waals surface area (Å²) in [6, 6.07) is 5.75. The maximum atomic E-state index is 11.5. The molecule has 0 bridgehead atoms. The van der Waals surface area contributed by atoms with Gasteiger partial charge in [0.2, 0.25) is 5.91 Å². The fraction of sp³-hybridized carbons (Fsp3) is 0.385. The number of benzene rings is 1. The lowest BCUT2D eigenvalue weighted by Crippen LogP contribution is -2.31. The lowest BCUT2D eigenvalue weighted by molar-refractivity contribution is -0.136. The Hall–Kier alpha value is -1.84. The summed E-state index contributed by atoms with van der Waals surface area (Å²) in [5.74, 6) is -1.04. The van der Waals surface area contributed by atoms with Gasteiger partial charge in [-0.15, -0.1) is 0 Å². The van der Waals surface area contributed by atoms with E-state index in [0.717, 1.165) is 16.8 Å². The van der Waals surface area contributed by atoms with Crippen LogP contribution in [0.5, 0.6) is 0 Å². The fourth-order valence-corrected chi connectivity index (χ4v) is 1.76. The fourth-order valence-electron chi connectivity index (χ4n) is 1.76. The number of hydrogen-bond acceptors (Lipinski definition) is 2. The minimum absolute atomic E-state index is 0.0487. The summed E-state index contributed by atoms with van der Waals surface area (Å²) >= 11 is 0. The third-order valence-corrected chi connectivity index (χ3v) is 2.57. The van der Waals surface area contributed by atoms with Gasteiger partial charge in [0.05, 0.1) is 6.42 Å². The van der Waals surface area contributed by atoms with E-state index in [9.17, 15) is 9.59 Å². The van der Waals surface area contributed by atoms with Crippen LogP contribution in [0.15, 0.2) is 18.2 Å². The molecule has 0 heterocycles. The molecule has 0 saturated heterocycles. The molecule has 1 aromatic rings. The van der Waals surface area contributed by atoms with Crippen molar-refractivity contribution in [3.63, 3.8) is 0 Å². The predicted molar refractivity (Wildman–Crippen MR) is 66.2 cm³/mol.